The van der Waals surface area contributed by atoms with Crippen molar-refractivity contribution in [3.8, 4) is 5.75 Å². The molecule has 0 bridgehead atoms. The highest BCUT2D eigenvalue weighted by Crippen LogP contribution is 2.21. The molecule has 4 rings (SSSR count). The van der Waals surface area contributed by atoms with E-state index in [4.69, 9.17) is 4.74 Å². The maximum Gasteiger partial charge on any atom is 0.323 e. The van der Waals surface area contributed by atoms with Gasteiger partial charge in [-0.25, -0.2) is 4.79 Å². The average molecular weight is 376 g/mol. The van der Waals surface area contributed by atoms with E-state index in [0.717, 1.165) is 21.5 Å². The van der Waals surface area contributed by atoms with Crippen LogP contribution >= 0.6 is 11.5 Å². The van der Waals surface area contributed by atoms with E-state index in [2.05, 4.69) is 20.2 Å². The third kappa shape index (κ3) is 4.39. The fraction of sp³-hybridized carbons (Fsp3) is 0.0500. The Bertz CT molecular complexity index is 1050. The van der Waals surface area contributed by atoms with E-state index in [1.807, 2.05) is 54.6 Å². The Labute approximate surface area is 160 Å². The Morgan fingerprint density at radius 2 is 1.67 bits per heavy atom. The predicted molar refractivity (Wildman–Crippen MR) is 107 cm³/mol. The summed E-state index contributed by atoms with van der Waals surface area (Å²) in [6, 6.07) is 22.4. The Balaban J connectivity index is 1.32. The van der Waals surface area contributed by atoms with Crippen molar-refractivity contribution in [1.29, 1.82) is 0 Å². The molecule has 0 unspecified atom stereocenters. The molecule has 0 aliphatic rings. The van der Waals surface area contributed by atoms with Gasteiger partial charge in [0.25, 0.3) is 0 Å². The van der Waals surface area contributed by atoms with Gasteiger partial charge < -0.3 is 15.4 Å². The normalized spacial score (nSPS) is 10.5. The number of rotatable bonds is 5. The first-order valence-electron chi connectivity index (χ1n) is 8.33. The summed E-state index contributed by atoms with van der Waals surface area (Å²) in [5.74, 6) is 0.742. The second-order valence-electron chi connectivity index (χ2n) is 5.83. The minimum Gasteiger partial charge on any atom is -0.489 e. The number of fused-ring (bicyclic) bond motifs is 1. The SMILES string of the molecule is O=C(Nc1ccc(OCc2ccccc2)cc1)Nc1ccc2snnc2c1. The lowest BCUT2D eigenvalue weighted by molar-refractivity contribution is 0.262. The molecule has 6 nitrogen and oxygen atoms in total. The standard InChI is InChI=1S/C20H16N4O2S/c25-20(22-16-8-11-19-18(12-16)23-24-27-19)21-15-6-9-17(10-7-15)26-13-14-4-2-1-3-5-14/h1-12H,13H2,(H2,21,22,25). The van der Waals surface area contributed by atoms with Crippen LogP contribution in [-0.4, -0.2) is 15.6 Å². The van der Waals surface area contributed by atoms with Crippen molar-refractivity contribution in [3.63, 3.8) is 0 Å². The van der Waals surface area contributed by atoms with Crippen LogP contribution in [0.4, 0.5) is 16.2 Å². The molecule has 0 aliphatic heterocycles. The number of carbonyl (C=O) groups excluding carboxylic acids is 1. The molecule has 0 fully saturated rings. The number of anilines is 2. The Morgan fingerprint density at radius 3 is 2.48 bits per heavy atom. The van der Waals surface area contributed by atoms with Crippen molar-refractivity contribution in [2.45, 2.75) is 6.61 Å². The number of benzene rings is 3. The molecule has 0 spiro atoms. The molecule has 0 saturated heterocycles. The zero-order valence-corrected chi connectivity index (χ0v) is 15.1. The molecule has 0 atom stereocenters. The minimum absolute atomic E-state index is 0.324. The summed E-state index contributed by atoms with van der Waals surface area (Å²) in [6.07, 6.45) is 0. The van der Waals surface area contributed by atoms with Crippen molar-refractivity contribution in [3.05, 3.63) is 78.4 Å². The molecule has 1 aromatic heterocycles. The zero-order chi connectivity index (χ0) is 18.5. The highest BCUT2D eigenvalue weighted by Gasteiger charge is 2.05. The second kappa shape index (κ2) is 7.84. The lowest BCUT2D eigenvalue weighted by Gasteiger charge is -2.09. The number of ether oxygens (including phenoxy) is 1. The smallest absolute Gasteiger partial charge is 0.323 e. The number of nitrogens with zero attached hydrogens (tertiary/aromatic N) is 2. The molecule has 2 N–H and O–H groups in total. The summed E-state index contributed by atoms with van der Waals surface area (Å²) in [5, 5.41) is 9.59. The summed E-state index contributed by atoms with van der Waals surface area (Å²) < 4.78 is 10.6. The number of hydrogen-bond donors (Lipinski definition) is 2. The molecular formula is C20H16N4O2S. The van der Waals surface area contributed by atoms with Crippen molar-refractivity contribution in [2.24, 2.45) is 0 Å². The second-order valence-corrected chi connectivity index (χ2v) is 6.62. The molecule has 0 radical (unpaired) electrons. The fourth-order valence-corrected chi connectivity index (χ4v) is 3.07. The topological polar surface area (TPSA) is 76.1 Å². The van der Waals surface area contributed by atoms with E-state index in [1.54, 1.807) is 18.2 Å². The number of amides is 2. The van der Waals surface area contributed by atoms with Crippen LogP contribution < -0.4 is 15.4 Å². The van der Waals surface area contributed by atoms with Gasteiger partial charge in [-0.15, -0.1) is 5.10 Å². The van der Waals surface area contributed by atoms with E-state index in [9.17, 15) is 4.79 Å². The van der Waals surface area contributed by atoms with E-state index in [-0.39, 0.29) is 6.03 Å². The first-order valence-corrected chi connectivity index (χ1v) is 9.10. The summed E-state index contributed by atoms with van der Waals surface area (Å²) in [5.41, 5.74) is 3.20. The van der Waals surface area contributed by atoms with Gasteiger partial charge in [-0.3, -0.25) is 0 Å². The van der Waals surface area contributed by atoms with Gasteiger partial charge in [0.2, 0.25) is 0 Å². The summed E-state index contributed by atoms with van der Waals surface area (Å²) in [4.78, 5) is 12.2. The number of carbonyl (C=O) groups is 1. The number of urea groups is 1. The fourth-order valence-electron chi connectivity index (χ4n) is 2.53. The quantitative estimate of drug-likeness (QED) is 0.519. The lowest BCUT2D eigenvalue weighted by atomic mass is 10.2. The Hall–Kier alpha value is -3.45. The van der Waals surface area contributed by atoms with Crippen molar-refractivity contribution in [2.75, 3.05) is 10.6 Å². The van der Waals surface area contributed by atoms with Gasteiger partial charge in [-0.1, -0.05) is 34.8 Å². The number of nitrogens with one attached hydrogen (secondary N) is 2. The predicted octanol–water partition coefficient (Wildman–Crippen LogP) is 4.91. The zero-order valence-electron chi connectivity index (χ0n) is 14.3. The maximum absolute atomic E-state index is 12.2. The van der Waals surface area contributed by atoms with Gasteiger partial charge >= 0.3 is 6.03 Å². The van der Waals surface area contributed by atoms with Gasteiger partial charge in [0, 0.05) is 11.4 Å². The molecule has 0 aliphatic carbocycles. The van der Waals surface area contributed by atoms with Crippen LogP contribution in [0.2, 0.25) is 0 Å². The van der Waals surface area contributed by atoms with Crippen molar-refractivity contribution in [1.82, 2.24) is 9.59 Å². The van der Waals surface area contributed by atoms with Crippen LogP contribution in [0, 0.1) is 0 Å². The first kappa shape index (κ1) is 17.0. The molecule has 0 saturated carbocycles. The molecular weight excluding hydrogens is 360 g/mol. The monoisotopic (exact) mass is 376 g/mol. The van der Waals surface area contributed by atoms with Crippen molar-refractivity contribution >= 4 is 39.2 Å². The molecule has 7 heteroatoms. The van der Waals surface area contributed by atoms with E-state index in [1.165, 1.54) is 11.5 Å². The van der Waals surface area contributed by atoms with Gasteiger partial charge in [0.05, 0.1) is 4.70 Å². The van der Waals surface area contributed by atoms with Gasteiger partial charge in [-0.05, 0) is 59.6 Å². The highest BCUT2D eigenvalue weighted by atomic mass is 32.1. The van der Waals surface area contributed by atoms with Crippen molar-refractivity contribution < 1.29 is 9.53 Å². The van der Waals surface area contributed by atoms with Crippen LogP contribution in [0.1, 0.15) is 5.56 Å². The summed E-state index contributed by atoms with van der Waals surface area (Å²) in [7, 11) is 0. The highest BCUT2D eigenvalue weighted by molar-refractivity contribution is 7.12. The van der Waals surface area contributed by atoms with E-state index >= 15 is 0 Å². The summed E-state index contributed by atoms with van der Waals surface area (Å²) in [6.45, 7) is 0.502. The minimum atomic E-state index is -0.324. The van der Waals surface area contributed by atoms with Gasteiger partial charge in [0.1, 0.15) is 17.9 Å². The average Bonchev–Trinajstić information content (AvgIpc) is 3.16. The molecule has 4 aromatic rings. The third-order valence-electron chi connectivity index (χ3n) is 3.87. The van der Waals surface area contributed by atoms with E-state index < -0.39 is 0 Å². The van der Waals surface area contributed by atoms with Crippen LogP contribution in [0.5, 0.6) is 5.75 Å². The Kier molecular flexibility index (Phi) is 4.93. The van der Waals surface area contributed by atoms with Crippen LogP contribution in [0.3, 0.4) is 0 Å². The Morgan fingerprint density at radius 1 is 0.926 bits per heavy atom. The van der Waals surface area contributed by atoms with Crippen LogP contribution in [-0.2, 0) is 6.61 Å². The van der Waals surface area contributed by atoms with Gasteiger partial charge in [0.15, 0.2) is 0 Å². The van der Waals surface area contributed by atoms with Crippen LogP contribution in [0.15, 0.2) is 72.8 Å². The number of hydrogen-bond acceptors (Lipinski definition) is 5. The van der Waals surface area contributed by atoms with Gasteiger partial charge in [-0.2, -0.15) is 0 Å². The molecule has 134 valence electrons. The largest absolute Gasteiger partial charge is 0.489 e. The number of aromatic nitrogens is 2. The summed E-state index contributed by atoms with van der Waals surface area (Å²) >= 11 is 1.32. The molecule has 27 heavy (non-hydrogen) atoms. The maximum atomic E-state index is 12.2. The van der Waals surface area contributed by atoms with Crippen LogP contribution in [0.25, 0.3) is 10.2 Å². The molecule has 1 heterocycles. The molecule has 3 aromatic carbocycles. The third-order valence-corrected chi connectivity index (χ3v) is 4.57. The lowest BCUT2D eigenvalue weighted by Crippen LogP contribution is -2.19. The molecule has 2 amide bonds. The van der Waals surface area contributed by atoms with E-state index in [0.29, 0.717) is 18.0 Å². The first-order chi connectivity index (χ1) is 13.3.